The minimum atomic E-state index is 0.0143. The lowest BCUT2D eigenvalue weighted by Crippen LogP contribution is -2.41. The van der Waals surface area contributed by atoms with E-state index >= 15 is 0 Å². The number of hydrogen-bond donors (Lipinski definition) is 1. The fourth-order valence-electron chi connectivity index (χ4n) is 3.72. The van der Waals surface area contributed by atoms with E-state index in [9.17, 15) is 9.90 Å². The summed E-state index contributed by atoms with van der Waals surface area (Å²) in [4.78, 5) is 15.1. The highest BCUT2D eigenvalue weighted by atomic mass is 16.3. The number of phenols is 1. The Labute approximate surface area is 153 Å². The Hall–Kier alpha value is -3.07. The number of phenolic OH excluding ortho intramolecular Hbond substituents is 1. The number of nitrogens with zero attached hydrogens (tertiary/aromatic N) is 1. The third-order valence-electron chi connectivity index (χ3n) is 5.06. The van der Waals surface area contributed by atoms with Crippen LogP contribution in [0.5, 0.6) is 5.75 Å². The molecule has 1 atom stereocenters. The maximum absolute atomic E-state index is 13.2. The molecule has 0 aromatic heterocycles. The van der Waals surface area contributed by atoms with E-state index in [0.717, 1.165) is 12.8 Å². The van der Waals surface area contributed by atoms with Crippen LogP contribution in [0.4, 0.5) is 0 Å². The molecule has 1 aliphatic heterocycles. The van der Waals surface area contributed by atoms with Crippen molar-refractivity contribution < 1.29 is 9.90 Å². The standard InChI is InChI=1S/C23H21NO2/c25-20-12-10-19(11-13-20)23(26)24-15-14-18-8-4-5-9-21(18)22(24)16-17-6-2-1-3-7-17/h1-13,22,25H,14-16H2. The molecular formula is C23H21NO2. The summed E-state index contributed by atoms with van der Waals surface area (Å²) in [7, 11) is 0. The topological polar surface area (TPSA) is 40.5 Å². The van der Waals surface area contributed by atoms with Crippen molar-refractivity contribution in [3.05, 3.63) is 101 Å². The van der Waals surface area contributed by atoms with Gasteiger partial charge in [0.15, 0.2) is 0 Å². The average Bonchev–Trinajstić information content (AvgIpc) is 2.69. The van der Waals surface area contributed by atoms with E-state index in [-0.39, 0.29) is 17.7 Å². The van der Waals surface area contributed by atoms with Crippen LogP contribution in [0.2, 0.25) is 0 Å². The molecular weight excluding hydrogens is 322 g/mol. The van der Waals surface area contributed by atoms with Crippen LogP contribution >= 0.6 is 0 Å². The Bertz CT molecular complexity index is 903. The number of amides is 1. The molecule has 0 bridgehead atoms. The van der Waals surface area contributed by atoms with Crippen LogP contribution in [0, 0.1) is 0 Å². The van der Waals surface area contributed by atoms with E-state index < -0.39 is 0 Å². The van der Waals surface area contributed by atoms with Gasteiger partial charge in [0.1, 0.15) is 5.75 Å². The van der Waals surface area contributed by atoms with Gasteiger partial charge in [-0.3, -0.25) is 4.79 Å². The van der Waals surface area contributed by atoms with Crippen molar-refractivity contribution in [3.8, 4) is 5.75 Å². The minimum Gasteiger partial charge on any atom is -0.508 e. The van der Waals surface area contributed by atoms with Gasteiger partial charge in [0.2, 0.25) is 0 Å². The van der Waals surface area contributed by atoms with Crippen LogP contribution in [0.3, 0.4) is 0 Å². The highest BCUT2D eigenvalue weighted by molar-refractivity contribution is 5.94. The Kier molecular flexibility index (Phi) is 4.44. The van der Waals surface area contributed by atoms with Crippen LogP contribution in [-0.2, 0) is 12.8 Å². The zero-order valence-corrected chi connectivity index (χ0v) is 14.5. The molecule has 0 spiro atoms. The van der Waals surface area contributed by atoms with E-state index in [2.05, 4.69) is 30.3 Å². The summed E-state index contributed by atoms with van der Waals surface area (Å²) in [6.45, 7) is 0.703. The fraction of sp³-hybridized carbons (Fsp3) is 0.174. The number of fused-ring (bicyclic) bond motifs is 1. The molecule has 1 heterocycles. The molecule has 0 saturated heterocycles. The molecule has 3 aromatic carbocycles. The van der Waals surface area contributed by atoms with Crippen molar-refractivity contribution in [1.29, 1.82) is 0 Å². The Balaban J connectivity index is 1.70. The molecule has 1 aliphatic rings. The highest BCUT2D eigenvalue weighted by Gasteiger charge is 2.31. The molecule has 3 aromatic rings. The molecule has 0 radical (unpaired) electrons. The monoisotopic (exact) mass is 343 g/mol. The van der Waals surface area contributed by atoms with Gasteiger partial charge >= 0.3 is 0 Å². The Morgan fingerprint density at radius 3 is 2.38 bits per heavy atom. The predicted octanol–water partition coefficient (Wildman–Crippen LogP) is 4.37. The number of rotatable bonds is 3. The first-order valence-electron chi connectivity index (χ1n) is 8.94. The molecule has 0 aliphatic carbocycles. The first-order valence-corrected chi connectivity index (χ1v) is 8.94. The normalized spacial score (nSPS) is 16.2. The third-order valence-corrected chi connectivity index (χ3v) is 5.06. The second-order valence-electron chi connectivity index (χ2n) is 6.70. The van der Waals surface area contributed by atoms with Crippen LogP contribution < -0.4 is 0 Å². The minimum absolute atomic E-state index is 0.0143. The summed E-state index contributed by atoms with van der Waals surface area (Å²) in [6, 6.07) is 25.3. The third kappa shape index (κ3) is 3.21. The first kappa shape index (κ1) is 16.4. The number of hydrogen-bond acceptors (Lipinski definition) is 2. The largest absolute Gasteiger partial charge is 0.508 e. The van der Waals surface area contributed by atoms with Crippen molar-refractivity contribution in [2.45, 2.75) is 18.9 Å². The number of aromatic hydroxyl groups is 1. The zero-order valence-electron chi connectivity index (χ0n) is 14.5. The summed E-state index contributed by atoms with van der Waals surface area (Å²) in [5, 5.41) is 9.50. The Morgan fingerprint density at radius 2 is 1.62 bits per heavy atom. The van der Waals surface area contributed by atoms with E-state index in [1.54, 1.807) is 24.3 Å². The lowest BCUT2D eigenvalue weighted by molar-refractivity contribution is 0.0660. The van der Waals surface area contributed by atoms with E-state index in [0.29, 0.717) is 12.1 Å². The lowest BCUT2D eigenvalue weighted by Gasteiger charge is -2.37. The Morgan fingerprint density at radius 1 is 0.923 bits per heavy atom. The quantitative estimate of drug-likeness (QED) is 0.767. The molecule has 3 nitrogen and oxygen atoms in total. The number of carbonyl (C=O) groups is 1. The van der Waals surface area contributed by atoms with Gasteiger partial charge in [-0.25, -0.2) is 0 Å². The van der Waals surface area contributed by atoms with Crippen molar-refractivity contribution in [3.63, 3.8) is 0 Å². The van der Waals surface area contributed by atoms with Crippen LogP contribution in [0.15, 0.2) is 78.9 Å². The van der Waals surface area contributed by atoms with Gasteiger partial charge in [0, 0.05) is 12.1 Å². The SMILES string of the molecule is O=C(c1ccc(O)cc1)N1CCc2ccccc2C1Cc1ccccc1. The summed E-state index contributed by atoms with van der Waals surface area (Å²) in [5.74, 6) is 0.187. The van der Waals surface area contributed by atoms with Gasteiger partial charge in [-0.2, -0.15) is 0 Å². The van der Waals surface area contributed by atoms with Crippen LogP contribution in [-0.4, -0.2) is 22.5 Å². The van der Waals surface area contributed by atoms with E-state index in [4.69, 9.17) is 0 Å². The van der Waals surface area contributed by atoms with Gasteiger partial charge < -0.3 is 10.0 Å². The molecule has 1 unspecified atom stereocenters. The summed E-state index contributed by atoms with van der Waals surface area (Å²) < 4.78 is 0. The fourth-order valence-corrected chi connectivity index (χ4v) is 3.72. The van der Waals surface area contributed by atoms with Crippen LogP contribution in [0.1, 0.15) is 33.1 Å². The molecule has 4 rings (SSSR count). The van der Waals surface area contributed by atoms with E-state index in [1.165, 1.54) is 16.7 Å². The molecule has 0 fully saturated rings. The summed E-state index contributed by atoms with van der Waals surface area (Å²) in [6.07, 6.45) is 1.66. The van der Waals surface area contributed by atoms with Gasteiger partial charge in [-0.15, -0.1) is 0 Å². The van der Waals surface area contributed by atoms with Crippen LogP contribution in [0.25, 0.3) is 0 Å². The summed E-state index contributed by atoms with van der Waals surface area (Å²) >= 11 is 0. The molecule has 1 amide bonds. The van der Waals surface area contributed by atoms with Crippen molar-refractivity contribution in [1.82, 2.24) is 4.90 Å². The molecule has 130 valence electrons. The zero-order chi connectivity index (χ0) is 17.9. The number of benzene rings is 3. The highest BCUT2D eigenvalue weighted by Crippen LogP contribution is 2.33. The molecule has 3 heteroatoms. The van der Waals surface area contributed by atoms with Crippen molar-refractivity contribution >= 4 is 5.91 Å². The maximum atomic E-state index is 13.2. The predicted molar refractivity (Wildman–Crippen MR) is 102 cm³/mol. The molecule has 0 saturated carbocycles. The summed E-state index contributed by atoms with van der Waals surface area (Å²) in [5.41, 5.74) is 4.39. The maximum Gasteiger partial charge on any atom is 0.254 e. The van der Waals surface area contributed by atoms with Gasteiger partial charge in [-0.1, -0.05) is 54.6 Å². The van der Waals surface area contributed by atoms with Gasteiger partial charge in [0.25, 0.3) is 5.91 Å². The second kappa shape index (κ2) is 7.04. The average molecular weight is 343 g/mol. The number of carbonyl (C=O) groups excluding carboxylic acids is 1. The second-order valence-corrected chi connectivity index (χ2v) is 6.70. The van der Waals surface area contributed by atoms with Gasteiger partial charge in [0.05, 0.1) is 6.04 Å². The van der Waals surface area contributed by atoms with Gasteiger partial charge in [-0.05, 0) is 53.8 Å². The smallest absolute Gasteiger partial charge is 0.254 e. The molecule has 1 N–H and O–H groups in total. The van der Waals surface area contributed by atoms with Crippen molar-refractivity contribution in [2.24, 2.45) is 0 Å². The van der Waals surface area contributed by atoms with E-state index in [1.807, 2.05) is 29.2 Å². The molecule has 26 heavy (non-hydrogen) atoms. The van der Waals surface area contributed by atoms with Crippen molar-refractivity contribution in [2.75, 3.05) is 6.54 Å². The lowest BCUT2D eigenvalue weighted by atomic mass is 9.88. The first-order chi connectivity index (χ1) is 12.7.